The Kier molecular flexibility index (Phi) is 2.90. The fourth-order valence-corrected chi connectivity index (χ4v) is 2.48. The van der Waals surface area contributed by atoms with Crippen LogP contribution in [0.1, 0.15) is 10.6 Å². The fraction of sp³-hybridized carbons (Fsp3) is 0. The first-order chi connectivity index (χ1) is 9.26. The maximum Gasteiger partial charge on any atom is 0.291 e. The van der Waals surface area contributed by atoms with Gasteiger partial charge in [0.25, 0.3) is 5.91 Å². The van der Waals surface area contributed by atoms with E-state index in [9.17, 15) is 4.79 Å². The van der Waals surface area contributed by atoms with Crippen molar-refractivity contribution in [3.05, 3.63) is 42.4 Å². The molecule has 6 nitrogen and oxygen atoms in total. The lowest BCUT2D eigenvalue weighted by Gasteiger charge is -2.02. The summed E-state index contributed by atoms with van der Waals surface area (Å²) in [6.07, 6.45) is 1.46. The third-order valence-electron chi connectivity index (χ3n) is 2.51. The van der Waals surface area contributed by atoms with Gasteiger partial charge in [-0.3, -0.25) is 10.2 Å². The first-order valence-corrected chi connectivity index (χ1v) is 6.30. The summed E-state index contributed by atoms with van der Waals surface area (Å²) in [5, 5.41) is 3.39. The van der Waals surface area contributed by atoms with Gasteiger partial charge in [0.05, 0.1) is 16.5 Å². The van der Waals surface area contributed by atoms with Crippen molar-refractivity contribution in [1.82, 2.24) is 4.98 Å². The first kappa shape index (κ1) is 11.7. The Hall–Kier alpha value is -2.38. The molecule has 0 spiro atoms. The first-order valence-electron chi connectivity index (χ1n) is 5.48. The monoisotopic (exact) mass is 274 g/mol. The van der Waals surface area contributed by atoms with Gasteiger partial charge in [-0.15, -0.1) is 0 Å². The van der Waals surface area contributed by atoms with Gasteiger partial charge in [0, 0.05) is 5.69 Å². The third-order valence-corrected chi connectivity index (χ3v) is 3.46. The van der Waals surface area contributed by atoms with E-state index >= 15 is 0 Å². The number of carbonyl (C=O) groups is 1. The summed E-state index contributed by atoms with van der Waals surface area (Å²) >= 11 is 1.41. The van der Waals surface area contributed by atoms with Crippen LogP contribution in [0.4, 0.5) is 10.8 Å². The third kappa shape index (κ3) is 2.28. The van der Waals surface area contributed by atoms with E-state index in [2.05, 4.69) is 15.7 Å². The quantitative estimate of drug-likeness (QED) is 0.504. The number of furan rings is 1. The highest BCUT2D eigenvalue weighted by molar-refractivity contribution is 7.22. The Bertz CT molecular complexity index is 720. The van der Waals surface area contributed by atoms with E-state index in [0.29, 0.717) is 10.8 Å². The number of hydrogen-bond donors (Lipinski definition) is 3. The summed E-state index contributed by atoms with van der Waals surface area (Å²) < 4.78 is 5.96. The fourth-order valence-electron chi connectivity index (χ4n) is 1.66. The minimum atomic E-state index is -0.286. The molecular formula is C12H10N4O2S. The van der Waals surface area contributed by atoms with Crippen LogP contribution in [0, 0.1) is 0 Å². The molecule has 2 heterocycles. The molecule has 96 valence electrons. The number of nitrogens with one attached hydrogen (secondary N) is 2. The van der Waals surface area contributed by atoms with E-state index < -0.39 is 0 Å². The number of hydrazine groups is 1. The number of aromatic nitrogens is 1. The molecule has 0 aliphatic rings. The van der Waals surface area contributed by atoms with Gasteiger partial charge < -0.3 is 9.73 Å². The van der Waals surface area contributed by atoms with Gasteiger partial charge in [-0.25, -0.2) is 10.8 Å². The topological polar surface area (TPSA) is 93.2 Å². The van der Waals surface area contributed by atoms with E-state index in [1.54, 1.807) is 18.2 Å². The van der Waals surface area contributed by atoms with Gasteiger partial charge in [-0.2, -0.15) is 0 Å². The summed E-state index contributed by atoms with van der Waals surface area (Å²) in [7, 11) is 0. The van der Waals surface area contributed by atoms with E-state index in [-0.39, 0.29) is 11.7 Å². The molecule has 1 aromatic carbocycles. The predicted molar refractivity (Wildman–Crippen MR) is 74.1 cm³/mol. The molecule has 4 N–H and O–H groups in total. The number of carbonyl (C=O) groups excluding carboxylic acids is 1. The normalized spacial score (nSPS) is 10.6. The van der Waals surface area contributed by atoms with Crippen molar-refractivity contribution in [2.45, 2.75) is 0 Å². The second kappa shape index (κ2) is 4.71. The Morgan fingerprint density at radius 3 is 3.00 bits per heavy atom. The average Bonchev–Trinajstić information content (AvgIpc) is 3.07. The van der Waals surface area contributed by atoms with Gasteiger partial charge in [-0.05, 0) is 30.3 Å². The smallest absolute Gasteiger partial charge is 0.291 e. The SMILES string of the molecule is NNc1nc2ccc(NC(=O)c3ccco3)cc2s1. The van der Waals surface area contributed by atoms with Gasteiger partial charge in [0.15, 0.2) is 10.9 Å². The molecule has 0 saturated heterocycles. The van der Waals surface area contributed by atoms with Crippen molar-refractivity contribution in [2.75, 3.05) is 10.7 Å². The van der Waals surface area contributed by atoms with Crippen LogP contribution in [-0.2, 0) is 0 Å². The average molecular weight is 274 g/mol. The van der Waals surface area contributed by atoms with Crippen LogP contribution in [0.2, 0.25) is 0 Å². The molecule has 0 unspecified atom stereocenters. The number of rotatable bonds is 3. The molecule has 19 heavy (non-hydrogen) atoms. The van der Waals surface area contributed by atoms with Gasteiger partial charge >= 0.3 is 0 Å². The van der Waals surface area contributed by atoms with E-state index in [1.165, 1.54) is 17.6 Å². The lowest BCUT2D eigenvalue weighted by atomic mass is 10.3. The number of benzene rings is 1. The number of nitrogen functional groups attached to an aromatic ring is 1. The van der Waals surface area contributed by atoms with Crippen molar-refractivity contribution in [3.63, 3.8) is 0 Å². The van der Waals surface area contributed by atoms with Crippen LogP contribution >= 0.6 is 11.3 Å². The highest BCUT2D eigenvalue weighted by Crippen LogP contribution is 2.27. The largest absolute Gasteiger partial charge is 0.459 e. The maximum atomic E-state index is 11.8. The summed E-state index contributed by atoms with van der Waals surface area (Å²) in [4.78, 5) is 16.1. The summed E-state index contributed by atoms with van der Waals surface area (Å²) in [5.74, 6) is 5.30. The number of thiazole rings is 1. The number of fused-ring (bicyclic) bond motifs is 1. The minimum absolute atomic E-state index is 0.272. The molecule has 0 aliphatic carbocycles. The molecule has 0 atom stereocenters. The zero-order valence-corrected chi connectivity index (χ0v) is 10.5. The van der Waals surface area contributed by atoms with Crippen LogP contribution < -0.4 is 16.6 Å². The van der Waals surface area contributed by atoms with Crippen LogP contribution in [0.15, 0.2) is 41.0 Å². The molecule has 0 radical (unpaired) electrons. The number of nitrogens with zero attached hydrogens (tertiary/aromatic N) is 1. The van der Waals surface area contributed by atoms with E-state index in [4.69, 9.17) is 10.3 Å². The van der Waals surface area contributed by atoms with Crippen molar-refractivity contribution < 1.29 is 9.21 Å². The number of anilines is 2. The van der Waals surface area contributed by atoms with Gasteiger partial charge in [-0.1, -0.05) is 11.3 Å². The van der Waals surface area contributed by atoms with Crippen LogP contribution in [0.5, 0.6) is 0 Å². The highest BCUT2D eigenvalue weighted by atomic mass is 32.1. The van der Waals surface area contributed by atoms with Crippen molar-refractivity contribution >= 4 is 38.3 Å². The zero-order valence-electron chi connectivity index (χ0n) is 9.71. The maximum absolute atomic E-state index is 11.8. The highest BCUT2D eigenvalue weighted by Gasteiger charge is 2.10. The molecule has 0 saturated carbocycles. The minimum Gasteiger partial charge on any atom is -0.459 e. The van der Waals surface area contributed by atoms with Crippen LogP contribution in [-0.4, -0.2) is 10.9 Å². The molecule has 3 aromatic rings. The Labute approximate surface area is 112 Å². The summed E-state index contributed by atoms with van der Waals surface area (Å²) in [6.45, 7) is 0. The Morgan fingerprint density at radius 1 is 1.37 bits per heavy atom. The summed E-state index contributed by atoms with van der Waals surface area (Å²) in [6, 6.07) is 8.72. The van der Waals surface area contributed by atoms with E-state index in [0.717, 1.165) is 10.2 Å². The van der Waals surface area contributed by atoms with Crippen LogP contribution in [0.25, 0.3) is 10.2 Å². The second-order valence-electron chi connectivity index (χ2n) is 3.78. The number of amides is 1. The van der Waals surface area contributed by atoms with Crippen LogP contribution in [0.3, 0.4) is 0 Å². The number of nitrogens with two attached hydrogens (primary N) is 1. The number of hydrogen-bond acceptors (Lipinski definition) is 6. The van der Waals surface area contributed by atoms with Crippen molar-refractivity contribution in [1.29, 1.82) is 0 Å². The molecule has 0 aliphatic heterocycles. The van der Waals surface area contributed by atoms with Crippen molar-refractivity contribution in [2.24, 2.45) is 5.84 Å². The summed E-state index contributed by atoms with van der Waals surface area (Å²) in [5.41, 5.74) is 4.01. The molecular weight excluding hydrogens is 264 g/mol. The Balaban J connectivity index is 1.87. The molecule has 0 bridgehead atoms. The van der Waals surface area contributed by atoms with Gasteiger partial charge in [0.1, 0.15) is 0 Å². The van der Waals surface area contributed by atoms with Crippen molar-refractivity contribution in [3.8, 4) is 0 Å². The standard InChI is InChI=1S/C12H10N4O2S/c13-16-12-15-8-4-3-7(6-10(8)19-12)14-11(17)9-2-1-5-18-9/h1-6H,13H2,(H,14,17)(H,15,16). The molecule has 7 heteroatoms. The lowest BCUT2D eigenvalue weighted by Crippen LogP contribution is -2.10. The molecule has 1 amide bonds. The zero-order chi connectivity index (χ0) is 13.2. The second-order valence-corrected chi connectivity index (χ2v) is 4.81. The van der Waals surface area contributed by atoms with E-state index in [1.807, 2.05) is 12.1 Å². The van der Waals surface area contributed by atoms with Gasteiger partial charge in [0.2, 0.25) is 0 Å². The molecule has 3 rings (SSSR count). The molecule has 2 aromatic heterocycles. The Morgan fingerprint density at radius 2 is 2.26 bits per heavy atom. The molecule has 0 fully saturated rings. The predicted octanol–water partition coefficient (Wildman–Crippen LogP) is 2.43. The lowest BCUT2D eigenvalue weighted by molar-refractivity contribution is 0.0996.